The van der Waals surface area contributed by atoms with Crippen LogP contribution in [-0.2, 0) is 6.42 Å². The summed E-state index contributed by atoms with van der Waals surface area (Å²) in [4.78, 5) is 22.5. The molecule has 0 saturated carbocycles. The smallest absolute Gasteiger partial charge is 0.290 e. The van der Waals surface area contributed by atoms with Gasteiger partial charge in [-0.2, -0.15) is 0 Å². The molecule has 0 bridgehead atoms. The number of rotatable bonds is 4. The molecule has 0 atom stereocenters. The van der Waals surface area contributed by atoms with Crippen molar-refractivity contribution in [1.82, 2.24) is 15.0 Å². The third-order valence-corrected chi connectivity index (χ3v) is 3.11. The predicted molar refractivity (Wildman–Crippen MR) is 78.8 cm³/mol. The van der Waals surface area contributed by atoms with Crippen LogP contribution >= 0.6 is 0 Å². The number of nitrogens with one attached hydrogen (secondary N) is 2. The van der Waals surface area contributed by atoms with Crippen LogP contribution in [0.1, 0.15) is 5.56 Å². The second-order valence-corrected chi connectivity index (χ2v) is 4.44. The normalized spacial score (nSPS) is 10.6. The molecule has 0 unspecified atom stereocenters. The summed E-state index contributed by atoms with van der Waals surface area (Å²) >= 11 is 0. The van der Waals surface area contributed by atoms with Crippen LogP contribution in [0.4, 0.5) is 5.82 Å². The average molecular weight is 266 g/mol. The highest BCUT2D eigenvalue weighted by atomic mass is 16.1. The molecule has 0 aliphatic rings. The number of aromatic nitrogens is 3. The molecule has 100 valence electrons. The van der Waals surface area contributed by atoms with E-state index in [4.69, 9.17) is 0 Å². The molecule has 0 aliphatic heterocycles. The lowest BCUT2D eigenvalue weighted by atomic mass is 10.1. The molecule has 0 saturated heterocycles. The van der Waals surface area contributed by atoms with Gasteiger partial charge in [0.1, 0.15) is 0 Å². The Bertz CT molecular complexity index is 776. The van der Waals surface area contributed by atoms with Crippen molar-refractivity contribution in [2.75, 3.05) is 11.9 Å². The van der Waals surface area contributed by atoms with Crippen LogP contribution in [0.5, 0.6) is 0 Å². The molecule has 3 aromatic rings. The number of anilines is 1. The van der Waals surface area contributed by atoms with E-state index in [0.717, 1.165) is 22.9 Å². The number of hydrogen-bond acceptors (Lipinski definition) is 4. The molecule has 2 aromatic heterocycles. The molecule has 20 heavy (non-hydrogen) atoms. The van der Waals surface area contributed by atoms with Gasteiger partial charge in [-0.25, -0.2) is 4.98 Å². The van der Waals surface area contributed by atoms with Crippen LogP contribution in [-0.4, -0.2) is 21.5 Å². The van der Waals surface area contributed by atoms with Crippen molar-refractivity contribution in [3.63, 3.8) is 0 Å². The zero-order valence-corrected chi connectivity index (χ0v) is 10.8. The van der Waals surface area contributed by atoms with E-state index in [2.05, 4.69) is 26.3 Å². The maximum Gasteiger partial charge on any atom is 0.290 e. The number of nitrogens with zero attached hydrogens (tertiary/aromatic N) is 2. The van der Waals surface area contributed by atoms with Crippen LogP contribution in [0, 0.1) is 0 Å². The Kier molecular flexibility index (Phi) is 3.41. The van der Waals surface area contributed by atoms with Gasteiger partial charge in [-0.05, 0) is 18.1 Å². The van der Waals surface area contributed by atoms with E-state index in [9.17, 15) is 4.79 Å². The first-order chi connectivity index (χ1) is 9.84. The number of H-pyrrole nitrogens is 1. The van der Waals surface area contributed by atoms with E-state index < -0.39 is 0 Å². The number of aromatic amines is 1. The van der Waals surface area contributed by atoms with Crippen LogP contribution in [0.15, 0.2) is 53.7 Å². The quantitative estimate of drug-likeness (QED) is 0.757. The summed E-state index contributed by atoms with van der Waals surface area (Å²) in [5.74, 6) is 0.348. The summed E-state index contributed by atoms with van der Waals surface area (Å²) in [6.45, 7) is 0.635. The first-order valence-corrected chi connectivity index (χ1v) is 6.45. The molecule has 2 N–H and O–H groups in total. The molecule has 0 radical (unpaired) electrons. The highest BCUT2D eigenvalue weighted by Gasteiger charge is 2.03. The largest absolute Gasteiger partial charge is 0.365 e. The third kappa shape index (κ3) is 2.51. The minimum Gasteiger partial charge on any atom is -0.365 e. The summed E-state index contributed by atoms with van der Waals surface area (Å²) < 4.78 is 0. The lowest BCUT2D eigenvalue weighted by Gasteiger charge is -2.07. The maximum absolute atomic E-state index is 11.5. The van der Waals surface area contributed by atoms with E-state index in [1.54, 1.807) is 12.4 Å². The van der Waals surface area contributed by atoms with Crippen LogP contribution < -0.4 is 10.9 Å². The molecule has 5 heteroatoms. The summed E-state index contributed by atoms with van der Waals surface area (Å²) in [6, 6.07) is 10.1. The first-order valence-electron chi connectivity index (χ1n) is 6.45. The Hall–Kier alpha value is -2.69. The number of pyridine rings is 1. The third-order valence-electron chi connectivity index (χ3n) is 3.11. The Morgan fingerprint density at radius 2 is 2.00 bits per heavy atom. The SMILES string of the molecule is O=c1[nH]ccnc1NCCc1cccc2cccnc12. The van der Waals surface area contributed by atoms with E-state index in [-0.39, 0.29) is 5.56 Å². The molecule has 0 aliphatic carbocycles. The van der Waals surface area contributed by atoms with Crippen LogP contribution in [0.2, 0.25) is 0 Å². The van der Waals surface area contributed by atoms with Gasteiger partial charge in [-0.3, -0.25) is 9.78 Å². The molecule has 0 spiro atoms. The minimum atomic E-state index is -0.205. The summed E-state index contributed by atoms with van der Waals surface area (Å²) in [6.07, 6.45) is 5.65. The average Bonchev–Trinajstić information content (AvgIpc) is 2.49. The molecular weight excluding hydrogens is 252 g/mol. The van der Waals surface area contributed by atoms with Gasteiger partial charge in [0.25, 0.3) is 5.56 Å². The lowest BCUT2D eigenvalue weighted by Crippen LogP contribution is -2.17. The van der Waals surface area contributed by atoms with Gasteiger partial charge in [-0.15, -0.1) is 0 Å². The first kappa shape index (κ1) is 12.3. The van der Waals surface area contributed by atoms with E-state index in [1.807, 2.05) is 24.3 Å². The second kappa shape index (κ2) is 5.52. The second-order valence-electron chi connectivity index (χ2n) is 4.44. The van der Waals surface area contributed by atoms with Gasteiger partial charge >= 0.3 is 0 Å². The van der Waals surface area contributed by atoms with E-state index in [0.29, 0.717) is 12.4 Å². The molecule has 3 rings (SSSR count). The molecule has 0 fully saturated rings. The van der Waals surface area contributed by atoms with Gasteiger partial charge in [0, 0.05) is 30.5 Å². The van der Waals surface area contributed by atoms with Crippen molar-refractivity contribution >= 4 is 16.7 Å². The number of benzene rings is 1. The number of hydrogen-bond donors (Lipinski definition) is 2. The Morgan fingerprint density at radius 3 is 2.90 bits per heavy atom. The fraction of sp³-hybridized carbons (Fsp3) is 0.133. The maximum atomic E-state index is 11.5. The highest BCUT2D eigenvalue weighted by molar-refractivity contribution is 5.81. The fourth-order valence-corrected chi connectivity index (χ4v) is 2.16. The molecule has 0 amide bonds. The molecule has 5 nitrogen and oxygen atoms in total. The van der Waals surface area contributed by atoms with Gasteiger partial charge < -0.3 is 10.3 Å². The van der Waals surface area contributed by atoms with Gasteiger partial charge in [0.15, 0.2) is 5.82 Å². The van der Waals surface area contributed by atoms with Gasteiger partial charge in [-0.1, -0.05) is 24.3 Å². The Balaban J connectivity index is 1.75. The summed E-state index contributed by atoms with van der Waals surface area (Å²) in [5.41, 5.74) is 1.96. The van der Waals surface area contributed by atoms with E-state index >= 15 is 0 Å². The van der Waals surface area contributed by atoms with Crippen molar-refractivity contribution in [2.45, 2.75) is 6.42 Å². The Morgan fingerprint density at radius 1 is 1.10 bits per heavy atom. The number of para-hydroxylation sites is 1. The van der Waals surface area contributed by atoms with Crippen molar-refractivity contribution in [1.29, 1.82) is 0 Å². The number of fused-ring (bicyclic) bond motifs is 1. The monoisotopic (exact) mass is 266 g/mol. The zero-order valence-electron chi connectivity index (χ0n) is 10.8. The van der Waals surface area contributed by atoms with E-state index in [1.165, 1.54) is 6.20 Å². The Labute approximate surface area is 115 Å². The topological polar surface area (TPSA) is 70.7 Å². The zero-order chi connectivity index (χ0) is 13.8. The highest BCUT2D eigenvalue weighted by Crippen LogP contribution is 2.16. The molecular formula is C15H14N4O. The molecule has 1 aromatic carbocycles. The molecule has 2 heterocycles. The summed E-state index contributed by atoms with van der Waals surface area (Å²) in [7, 11) is 0. The van der Waals surface area contributed by atoms with Gasteiger partial charge in [0.05, 0.1) is 5.52 Å². The van der Waals surface area contributed by atoms with Crippen molar-refractivity contribution in [3.05, 3.63) is 64.8 Å². The van der Waals surface area contributed by atoms with Crippen molar-refractivity contribution in [2.24, 2.45) is 0 Å². The predicted octanol–water partition coefficient (Wildman–Crippen LogP) is 1.97. The minimum absolute atomic E-state index is 0.205. The van der Waals surface area contributed by atoms with Crippen molar-refractivity contribution < 1.29 is 0 Å². The van der Waals surface area contributed by atoms with Crippen LogP contribution in [0.3, 0.4) is 0 Å². The van der Waals surface area contributed by atoms with Gasteiger partial charge in [0.2, 0.25) is 0 Å². The summed E-state index contributed by atoms with van der Waals surface area (Å²) in [5, 5.41) is 4.17. The lowest BCUT2D eigenvalue weighted by molar-refractivity contribution is 0.993. The fourth-order valence-electron chi connectivity index (χ4n) is 2.16. The van der Waals surface area contributed by atoms with Crippen molar-refractivity contribution in [3.8, 4) is 0 Å². The van der Waals surface area contributed by atoms with Crippen LogP contribution in [0.25, 0.3) is 10.9 Å². The standard InChI is InChI=1S/C15H14N4O/c20-15-14(18-9-10-19-15)17-8-6-12-4-1-3-11-5-2-7-16-13(11)12/h1-5,7,9-10H,6,8H2,(H,17,18)(H,19,20).